The second-order valence-corrected chi connectivity index (χ2v) is 5.16. The first-order valence-electron chi connectivity index (χ1n) is 7.06. The van der Waals surface area contributed by atoms with Crippen LogP contribution in [0, 0.1) is 0 Å². The van der Waals surface area contributed by atoms with Crippen LogP contribution in [0.4, 0.5) is 0 Å². The average molecular weight is 278 g/mol. The molecule has 1 atom stereocenters. The molecular formula is C16H22O4. The van der Waals surface area contributed by atoms with E-state index in [1.54, 1.807) is 0 Å². The second-order valence-electron chi connectivity index (χ2n) is 5.16. The lowest BCUT2D eigenvalue weighted by Crippen LogP contribution is -2.46. The summed E-state index contributed by atoms with van der Waals surface area (Å²) in [5.74, 6) is -1.05. The monoisotopic (exact) mass is 278 g/mol. The lowest BCUT2D eigenvalue weighted by atomic mass is 9.95. The largest absolute Gasteiger partial charge is 0.467 e. The fourth-order valence-electron chi connectivity index (χ4n) is 2.63. The van der Waals surface area contributed by atoms with E-state index in [1.807, 2.05) is 44.2 Å². The third kappa shape index (κ3) is 2.72. The van der Waals surface area contributed by atoms with Gasteiger partial charge in [-0.15, -0.1) is 0 Å². The zero-order valence-electron chi connectivity index (χ0n) is 12.3. The van der Waals surface area contributed by atoms with Crippen molar-refractivity contribution in [1.29, 1.82) is 0 Å². The van der Waals surface area contributed by atoms with Crippen molar-refractivity contribution in [2.45, 2.75) is 44.5 Å². The van der Waals surface area contributed by atoms with E-state index in [2.05, 4.69) is 0 Å². The minimum absolute atomic E-state index is 0.232. The van der Waals surface area contributed by atoms with Crippen molar-refractivity contribution in [3.8, 4) is 0 Å². The summed E-state index contributed by atoms with van der Waals surface area (Å²) in [6.07, 6.45) is 1.87. The Hall–Kier alpha value is -1.39. The highest BCUT2D eigenvalue weighted by Gasteiger charge is 2.54. The van der Waals surface area contributed by atoms with Gasteiger partial charge in [-0.05, 0) is 18.4 Å². The number of benzene rings is 1. The van der Waals surface area contributed by atoms with E-state index in [4.69, 9.17) is 14.2 Å². The zero-order valence-corrected chi connectivity index (χ0v) is 12.3. The summed E-state index contributed by atoms with van der Waals surface area (Å²) in [7, 11) is 1.39. The third-order valence-electron chi connectivity index (χ3n) is 3.92. The van der Waals surface area contributed by atoms with E-state index in [-0.39, 0.29) is 12.6 Å². The number of esters is 1. The summed E-state index contributed by atoms with van der Waals surface area (Å²) in [5.41, 5.74) is -0.00761. The maximum absolute atomic E-state index is 12.2. The fourth-order valence-corrected chi connectivity index (χ4v) is 2.63. The molecule has 1 saturated heterocycles. The molecule has 1 aromatic rings. The molecule has 1 heterocycles. The van der Waals surface area contributed by atoms with Gasteiger partial charge in [0.2, 0.25) is 0 Å². The molecule has 110 valence electrons. The van der Waals surface area contributed by atoms with Crippen molar-refractivity contribution >= 4 is 5.97 Å². The van der Waals surface area contributed by atoms with E-state index < -0.39 is 11.4 Å². The first-order valence-corrected chi connectivity index (χ1v) is 7.06. The topological polar surface area (TPSA) is 44.8 Å². The summed E-state index contributed by atoms with van der Waals surface area (Å²) >= 11 is 0. The molecule has 0 saturated carbocycles. The van der Waals surface area contributed by atoms with E-state index >= 15 is 0 Å². The Labute approximate surface area is 120 Å². The van der Waals surface area contributed by atoms with Crippen molar-refractivity contribution < 1.29 is 19.0 Å². The summed E-state index contributed by atoms with van der Waals surface area (Å²) < 4.78 is 16.9. The molecule has 4 nitrogen and oxygen atoms in total. The number of hydrogen-bond donors (Lipinski definition) is 0. The van der Waals surface area contributed by atoms with Crippen LogP contribution >= 0.6 is 0 Å². The number of carbonyl (C=O) groups excluding carboxylic acids is 1. The quantitative estimate of drug-likeness (QED) is 0.777. The standard InChI is InChI=1S/C16H22O4/c1-4-16(5-2)19-12-15(20-16,14(17)18-3)11-13-9-7-6-8-10-13/h6-10H,4-5,11-12H2,1-3H3. The minimum atomic E-state index is -1.04. The molecule has 0 aromatic heterocycles. The van der Waals surface area contributed by atoms with Crippen LogP contribution in [0.3, 0.4) is 0 Å². The second kappa shape index (κ2) is 5.94. The highest BCUT2D eigenvalue weighted by atomic mass is 16.8. The van der Waals surface area contributed by atoms with Crippen LogP contribution in [-0.4, -0.2) is 31.1 Å². The summed E-state index contributed by atoms with van der Waals surface area (Å²) in [5, 5.41) is 0. The van der Waals surface area contributed by atoms with E-state index in [9.17, 15) is 4.79 Å². The molecule has 0 spiro atoms. The molecule has 0 amide bonds. The summed E-state index contributed by atoms with van der Waals surface area (Å²) in [4.78, 5) is 12.2. The van der Waals surface area contributed by atoms with E-state index in [0.29, 0.717) is 19.3 Å². The predicted octanol–water partition coefficient (Wildman–Crippen LogP) is 2.70. The summed E-state index contributed by atoms with van der Waals surface area (Å²) in [6, 6.07) is 9.80. The number of hydrogen-bond acceptors (Lipinski definition) is 4. The van der Waals surface area contributed by atoms with Gasteiger partial charge >= 0.3 is 5.97 Å². The average Bonchev–Trinajstić information content (AvgIpc) is 2.88. The Kier molecular flexibility index (Phi) is 4.45. The van der Waals surface area contributed by atoms with Gasteiger partial charge in [0.05, 0.1) is 13.7 Å². The van der Waals surface area contributed by atoms with Gasteiger partial charge in [0, 0.05) is 6.42 Å². The molecule has 1 aliphatic rings. The van der Waals surface area contributed by atoms with Gasteiger partial charge < -0.3 is 14.2 Å². The third-order valence-corrected chi connectivity index (χ3v) is 3.92. The Morgan fingerprint density at radius 1 is 1.25 bits per heavy atom. The van der Waals surface area contributed by atoms with Gasteiger partial charge in [-0.25, -0.2) is 4.79 Å². The smallest absolute Gasteiger partial charge is 0.341 e. The molecule has 1 unspecified atom stereocenters. The van der Waals surface area contributed by atoms with Crippen molar-refractivity contribution in [1.82, 2.24) is 0 Å². The predicted molar refractivity (Wildman–Crippen MR) is 75.2 cm³/mol. The van der Waals surface area contributed by atoms with Crippen LogP contribution in [0.1, 0.15) is 32.3 Å². The highest BCUT2D eigenvalue weighted by molar-refractivity contribution is 5.80. The van der Waals surface area contributed by atoms with Gasteiger partial charge in [-0.1, -0.05) is 44.2 Å². The van der Waals surface area contributed by atoms with Crippen LogP contribution in [0.2, 0.25) is 0 Å². The Balaban J connectivity index is 2.27. The maximum atomic E-state index is 12.2. The number of methoxy groups -OCH3 is 1. The van der Waals surface area contributed by atoms with Crippen molar-refractivity contribution in [2.75, 3.05) is 13.7 Å². The van der Waals surface area contributed by atoms with Gasteiger partial charge in [0.1, 0.15) is 0 Å². The number of rotatable bonds is 5. The highest BCUT2D eigenvalue weighted by Crippen LogP contribution is 2.39. The first kappa shape index (κ1) is 15.0. The summed E-state index contributed by atoms with van der Waals surface area (Å²) in [6.45, 7) is 4.23. The van der Waals surface area contributed by atoms with Gasteiger partial charge in [-0.2, -0.15) is 0 Å². The van der Waals surface area contributed by atoms with Crippen molar-refractivity contribution in [3.05, 3.63) is 35.9 Å². The molecule has 0 radical (unpaired) electrons. The van der Waals surface area contributed by atoms with Crippen LogP contribution in [0.15, 0.2) is 30.3 Å². The fraction of sp³-hybridized carbons (Fsp3) is 0.562. The molecule has 0 bridgehead atoms. The lowest BCUT2D eigenvalue weighted by molar-refractivity contribution is -0.204. The molecule has 1 aliphatic heterocycles. The maximum Gasteiger partial charge on any atom is 0.341 e. The lowest BCUT2D eigenvalue weighted by Gasteiger charge is -2.29. The van der Waals surface area contributed by atoms with E-state index in [0.717, 1.165) is 5.56 Å². The zero-order chi connectivity index (χ0) is 14.6. The van der Waals surface area contributed by atoms with E-state index in [1.165, 1.54) is 7.11 Å². The van der Waals surface area contributed by atoms with Crippen LogP contribution in [0.5, 0.6) is 0 Å². The molecule has 0 aliphatic carbocycles. The van der Waals surface area contributed by atoms with Gasteiger partial charge in [0.15, 0.2) is 11.4 Å². The van der Waals surface area contributed by atoms with Crippen molar-refractivity contribution in [3.63, 3.8) is 0 Å². The van der Waals surface area contributed by atoms with Crippen LogP contribution in [0.25, 0.3) is 0 Å². The molecule has 4 heteroatoms. The molecule has 1 aromatic carbocycles. The van der Waals surface area contributed by atoms with Crippen molar-refractivity contribution in [2.24, 2.45) is 0 Å². The Morgan fingerprint density at radius 2 is 1.90 bits per heavy atom. The number of carbonyl (C=O) groups is 1. The van der Waals surface area contributed by atoms with Crippen LogP contribution in [-0.2, 0) is 25.4 Å². The van der Waals surface area contributed by atoms with Gasteiger partial charge in [-0.3, -0.25) is 0 Å². The van der Waals surface area contributed by atoms with Gasteiger partial charge in [0.25, 0.3) is 0 Å². The molecule has 20 heavy (non-hydrogen) atoms. The molecule has 0 N–H and O–H groups in total. The number of ether oxygens (including phenoxy) is 3. The molecule has 1 fully saturated rings. The minimum Gasteiger partial charge on any atom is -0.467 e. The molecule has 2 rings (SSSR count). The normalized spacial score (nSPS) is 24.6. The Morgan fingerprint density at radius 3 is 2.40 bits per heavy atom. The Bertz CT molecular complexity index is 453. The SMILES string of the molecule is CCC1(CC)OCC(Cc2ccccc2)(C(=O)OC)O1. The molecular weight excluding hydrogens is 256 g/mol. The van der Waals surface area contributed by atoms with Crippen LogP contribution < -0.4 is 0 Å². The first-order chi connectivity index (χ1) is 9.60.